The van der Waals surface area contributed by atoms with E-state index >= 15 is 0 Å². The standard InChI is InChI=1S/C25H21ClN2O3/c1-16-14-19(26)10-13-21(16)27-23-22(18-8-11-20(31-2)12-9-18)24(29)28(25(23)30)15-17-6-4-3-5-7-17/h3-14,27H,15H2,1-2H3. The topological polar surface area (TPSA) is 58.6 Å². The molecule has 3 aromatic carbocycles. The molecule has 31 heavy (non-hydrogen) atoms. The van der Waals surface area contributed by atoms with Gasteiger partial charge in [-0.15, -0.1) is 0 Å². The molecule has 0 saturated heterocycles. The van der Waals surface area contributed by atoms with Crippen LogP contribution in [-0.2, 0) is 16.1 Å². The van der Waals surface area contributed by atoms with E-state index in [2.05, 4.69) is 5.32 Å². The second-order valence-electron chi connectivity index (χ2n) is 7.24. The Morgan fingerprint density at radius 3 is 2.29 bits per heavy atom. The summed E-state index contributed by atoms with van der Waals surface area (Å²) in [5.41, 5.74) is 3.68. The first-order valence-electron chi connectivity index (χ1n) is 9.80. The zero-order valence-electron chi connectivity index (χ0n) is 17.2. The Labute approximate surface area is 185 Å². The zero-order valence-corrected chi connectivity index (χ0v) is 17.9. The predicted octanol–water partition coefficient (Wildman–Crippen LogP) is 5.05. The fourth-order valence-corrected chi connectivity index (χ4v) is 3.76. The van der Waals surface area contributed by atoms with Gasteiger partial charge in [0.2, 0.25) is 0 Å². The van der Waals surface area contributed by atoms with E-state index in [9.17, 15) is 9.59 Å². The van der Waals surface area contributed by atoms with E-state index in [1.165, 1.54) is 4.90 Å². The minimum Gasteiger partial charge on any atom is -0.497 e. The van der Waals surface area contributed by atoms with Crippen molar-refractivity contribution in [3.63, 3.8) is 0 Å². The number of methoxy groups -OCH3 is 1. The van der Waals surface area contributed by atoms with Crippen molar-refractivity contribution in [1.82, 2.24) is 4.90 Å². The van der Waals surface area contributed by atoms with Crippen molar-refractivity contribution >= 4 is 34.7 Å². The molecular weight excluding hydrogens is 412 g/mol. The quantitative estimate of drug-likeness (QED) is 0.554. The average molecular weight is 433 g/mol. The van der Waals surface area contributed by atoms with Gasteiger partial charge in [-0.3, -0.25) is 14.5 Å². The highest BCUT2D eigenvalue weighted by molar-refractivity contribution is 6.36. The first kappa shape index (κ1) is 20.7. The summed E-state index contributed by atoms with van der Waals surface area (Å²) in [4.78, 5) is 28.0. The Balaban J connectivity index is 1.76. The number of imide groups is 1. The molecule has 0 aliphatic carbocycles. The number of ether oxygens (including phenoxy) is 1. The van der Waals surface area contributed by atoms with Gasteiger partial charge in [0.05, 0.1) is 19.2 Å². The molecule has 1 N–H and O–H groups in total. The number of hydrogen-bond acceptors (Lipinski definition) is 4. The highest BCUT2D eigenvalue weighted by Crippen LogP contribution is 2.33. The summed E-state index contributed by atoms with van der Waals surface area (Å²) in [5.74, 6) is -0.0347. The van der Waals surface area contributed by atoms with Crippen LogP contribution in [0.25, 0.3) is 5.57 Å². The van der Waals surface area contributed by atoms with Gasteiger partial charge < -0.3 is 10.1 Å². The lowest BCUT2D eigenvalue weighted by molar-refractivity contribution is -0.137. The molecule has 0 spiro atoms. The van der Waals surface area contributed by atoms with Gasteiger partial charge in [-0.1, -0.05) is 54.1 Å². The Kier molecular flexibility index (Phi) is 5.78. The second-order valence-corrected chi connectivity index (χ2v) is 7.68. The van der Waals surface area contributed by atoms with Crippen LogP contribution >= 0.6 is 11.6 Å². The molecule has 0 aromatic heterocycles. The number of amides is 2. The molecule has 1 aliphatic rings. The summed E-state index contributed by atoms with van der Waals surface area (Å²) in [6.45, 7) is 2.09. The largest absolute Gasteiger partial charge is 0.497 e. The third kappa shape index (κ3) is 4.18. The van der Waals surface area contributed by atoms with E-state index in [4.69, 9.17) is 16.3 Å². The smallest absolute Gasteiger partial charge is 0.278 e. The first-order chi connectivity index (χ1) is 15.0. The Morgan fingerprint density at radius 2 is 1.65 bits per heavy atom. The number of nitrogens with one attached hydrogen (secondary N) is 1. The molecular formula is C25H21ClN2O3. The van der Waals surface area contributed by atoms with E-state index in [0.717, 1.165) is 11.1 Å². The van der Waals surface area contributed by atoms with E-state index < -0.39 is 0 Å². The molecule has 0 radical (unpaired) electrons. The number of carbonyl (C=O) groups excluding carboxylic acids is 2. The third-order valence-corrected chi connectivity index (χ3v) is 5.41. The van der Waals surface area contributed by atoms with Crippen molar-refractivity contribution in [3.8, 4) is 5.75 Å². The van der Waals surface area contributed by atoms with Crippen LogP contribution < -0.4 is 10.1 Å². The van der Waals surface area contributed by atoms with Gasteiger partial charge in [0, 0.05) is 10.7 Å². The molecule has 0 fully saturated rings. The van der Waals surface area contributed by atoms with E-state index in [-0.39, 0.29) is 24.1 Å². The second kappa shape index (κ2) is 8.66. The number of rotatable bonds is 6. The molecule has 2 amide bonds. The lowest BCUT2D eigenvalue weighted by atomic mass is 10.0. The van der Waals surface area contributed by atoms with Crippen LogP contribution in [0.5, 0.6) is 5.75 Å². The number of nitrogens with zero attached hydrogens (tertiary/aromatic N) is 1. The predicted molar refractivity (Wildman–Crippen MR) is 122 cm³/mol. The molecule has 4 rings (SSSR count). The van der Waals surface area contributed by atoms with Gasteiger partial charge >= 0.3 is 0 Å². The molecule has 0 bridgehead atoms. The van der Waals surface area contributed by atoms with E-state index in [0.29, 0.717) is 27.6 Å². The van der Waals surface area contributed by atoms with Crippen LogP contribution in [0, 0.1) is 6.92 Å². The number of anilines is 1. The molecule has 6 heteroatoms. The Morgan fingerprint density at radius 1 is 0.935 bits per heavy atom. The zero-order chi connectivity index (χ0) is 22.0. The average Bonchev–Trinajstić information content (AvgIpc) is 3.00. The summed E-state index contributed by atoms with van der Waals surface area (Å²) in [6.07, 6.45) is 0. The van der Waals surface area contributed by atoms with Gasteiger partial charge in [0.15, 0.2) is 0 Å². The summed E-state index contributed by atoms with van der Waals surface area (Å²) in [6, 6.07) is 21.9. The van der Waals surface area contributed by atoms with Gasteiger partial charge in [-0.25, -0.2) is 0 Å². The van der Waals surface area contributed by atoms with Crippen LogP contribution in [-0.4, -0.2) is 23.8 Å². The molecule has 0 unspecified atom stereocenters. The van der Waals surface area contributed by atoms with Crippen molar-refractivity contribution in [2.75, 3.05) is 12.4 Å². The van der Waals surface area contributed by atoms with Crippen molar-refractivity contribution in [2.24, 2.45) is 0 Å². The van der Waals surface area contributed by atoms with Crippen molar-refractivity contribution in [3.05, 3.63) is 100 Å². The van der Waals surface area contributed by atoms with Crippen LogP contribution in [0.15, 0.2) is 78.5 Å². The Bertz CT molecular complexity index is 1170. The van der Waals surface area contributed by atoms with Crippen LogP contribution in [0.3, 0.4) is 0 Å². The molecule has 1 heterocycles. The Hall–Kier alpha value is -3.57. The van der Waals surface area contributed by atoms with Crippen LogP contribution in [0.2, 0.25) is 5.02 Å². The van der Waals surface area contributed by atoms with Gasteiger partial charge in [-0.2, -0.15) is 0 Å². The molecule has 0 atom stereocenters. The van der Waals surface area contributed by atoms with Gasteiger partial charge in [0.1, 0.15) is 11.4 Å². The number of benzene rings is 3. The summed E-state index contributed by atoms with van der Waals surface area (Å²) in [5, 5.41) is 3.79. The fraction of sp³-hybridized carbons (Fsp3) is 0.120. The van der Waals surface area contributed by atoms with Gasteiger partial charge in [0.25, 0.3) is 11.8 Å². The maximum atomic E-state index is 13.4. The summed E-state index contributed by atoms with van der Waals surface area (Å²) < 4.78 is 5.22. The maximum Gasteiger partial charge on any atom is 0.278 e. The molecule has 3 aromatic rings. The molecule has 156 valence electrons. The lowest BCUT2D eigenvalue weighted by Crippen LogP contribution is -2.32. The number of carbonyl (C=O) groups is 2. The lowest BCUT2D eigenvalue weighted by Gasteiger charge is -2.16. The summed E-state index contributed by atoms with van der Waals surface area (Å²) >= 11 is 6.07. The highest BCUT2D eigenvalue weighted by Gasteiger charge is 2.39. The first-order valence-corrected chi connectivity index (χ1v) is 10.2. The van der Waals surface area contributed by atoms with Crippen LogP contribution in [0.4, 0.5) is 5.69 Å². The van der Waals surface area contributed by atoms with Gasteiger partial charge in [-0.05, 0) is 53.9 Å². The molecule has 5 nitrogen and oxygen atoms in total. The van der Waals surface area contributed by atoms with Crippen molar-refractivity contribution < 1.29 is 14.3 Å². The minimum absolute atomic E-state index is 0.197. The van der Waals surface area contributed by atoms with E-state index in [1.807, 2.05) is 37.3 Å². The minimum atomic E-state index is -0.367. The number of halogens is 1. The third-order valence-electron chi connectivity index (χ3n) is 5.18. The SMILES string of the molecule is COc1ccc(C2=C(Nc3ccc(Cl)cc3C)C(=O)N(Cc3ccccc3)C2=O)cc1. The highest BCUT2D eigenvalue weighted by atomic mass is 35.5. The van der Waals surface area contributed by atoms with Crippen LogP contribution in [0.1, 0.15) is 16.7 Å². The monoisotopic (exact) mass is 432 g/mol. The normalized spacial score (nSPS) is 13.7. The summed E-state index contributed by atoms with van der Waals surface area (Å²) in [7, 11) is 1.58. The molecule has 0 saturated carbocycles. The van der Waals surface area contributed by atoms with Crippen molar-refractivity contribution in [2.45, 2.75) is 13.5 Å². The van der Waals surface area contributed by atoms with E-state index in [1.54, 1.807) is 49.6 Å². The molecule has 1 aliphatic heterocycles. The maximum absolute atomic E-state index is 13.4. The number of hydrogen-bond donors (Lipinski definition) is 1. The number of aryl methyl sites for hydroxylation is 1. The van der Waals surface area contributed by atoms with Crippen molar-refractivity contribution in [1.29, 1.82) is 0 Å². The fourth-order valence-electron chi connectivity index (χ4n) is 3.53.